The molecule has 0 aliphatic heterocycles. The van der Waals surface area contributed by atoms with Gasteiger partial charge < -0.3 is 14.8 Å². The van der Waals surface area contributed by atoms with Crippen LogP contribution in [-0.4, -0.2) is 30.4 Å². The summed E-state index contributed by atoms with van der Waals surface area (Å²) in [5, 5.41) is 13.0. The van der Waals surface area contributed by atoms with Crippen molar-refractivity contribution in [2.75, 3.05) is 19.5 Å². The fraction of sp³-hybridized carbons (Fsp3) is 0.500. The van der Waals surface area contributed by atoms with Crippen LogP contribution in [0.5, 0.6) is 11.5 Å². The number of carbonyl (C=O) groups excluding carboxylic acids is 1. The summed E-state index contributed by atoms with van der Waals surface area (Å²) in [6.07, 6.45) is 3.54. The van der Waals surface area contributed by atoms with Crippen molar-refractivity contribution < 1.29 is 14.3 Å². The molecule has 3 rings (SSSR count). The molecule has 2 atom stereocenters. The quantitative estimate of drug-likeness (QED) is 0.531. The van der Waals surface area contributed by atoms with Crippen LogP contribution in [0.3, 0.4) is 0 Å². The van der Waals surface area contributed by atoms with Gasteiger partial charge in [-0.2, -0.15) is 5.26 Å². The van der Waals surface area contributed by atoms with E-state index in [1.54, 1.807) is 32.4 Å². The maximum atomic E-state index is 13.1. The molecule has 1 aliphatic carbocycles. The van der Waals surface area contributed by atoms with E-state index in [9.17, 15) is 10.1 Å². The average molecular weight is 468 g/mol. The molecule has 0 spiro atoms. The van der Waals surface area contributed by atoms with E-state index in [1.165, 1.54) is 17.3 Å². The monoisotopic (exact) mass is 467 g/mol. The third-order valence-corrected chi connectivity index (χ3v) is 7.65. The van der Waals surface area contributed by atoms with Crippen LogP contribution in [0, 0.1) is 22.7 Å². The van der Waals surface area contributed by atoms with Crippen molar-refractivity contribution in [3.63, 3.8) is 0 Å². The number of hydrogen-bond acceptors (Lipinski definition) is 6. The van der Waals surface area contributed by atoms with Gasteiger partial charge in [-0.1, -0.05) is 39.5 Å². The molecule has 0 fully saturated rings. The number of aryl methyl sites for hydroxylation is 1. The van der Waals surface area contributed by atoms with Crippen LogP contribution in [0.1, 0.15) is 57.4 Å². The second kappa shape index (κ2) is 10.5. The molecule has 0 radical (unpaired) electrons. The zero-order valence-electron chi connectivity index (χ0n) is 20.3. The summed E-state index contributed by atoms with van der Waals surface area (Å²) in [5.41, 5.74) is 3.58. The van der Waals surface area contributed by atoms with E-state index < -0.39 is 0 Å². The van der Waals surface area contributed by atoms with Crippen molar-refractivity contribution in [3.05, 3.63) is 41.1 Å². The Bertz CT molecular complexity index is 1060. The number of anilines is 1. The molecule has 0 bridgehead atoms. The minimum atomic E-state index is -0.389. The average Bonchev–Trinajstić information content (AvgIpc) is 2.80. The number of thioether (sulfide) groups is 1. The Morgan fingerprint density at radius 1 is 1.30 bits per heavy atom. The molecular weight excluding hydrogens is 434 g/mol. The van der Waals surface area contributed by atoms with Crippen molar-refractivity contribution >= 4 is 23.4 Å². The molecule has 2 unspecified atom stereocenters. The van der Waals surface area contributed by atoms with Crippen molar-refractivity contribution in [1.29, 1.82) is 5.26 Å². The normalized spacial score (nSPS) is 16.3. The number of nitrogens with one attached hydrogen (secondary N) is 1. The highest BCUT2D eigenvalue weighted by Gasteiger charge is 2.30. The zero-order chi connectivity index (χ0) is 24.2. The van der Waals surface area contributed by atoms with Gasteiger partial charge in [-0.25, -0.2) is 4.98 Å². The van der Waals surface area contributed by atoms with Crippen LogP contribution in [0.2, 0.25) is 0 Å². The third kappa shape index (κ3) is 5.80. The first-order valence-corrected chi connectivity index (χ1v) is 12.2. The first-order valence-electron chi connectivity index (χ1n) is 11.3. The molecule has 2 aromatic rings. The van der Waals surface area contributed by atoms with Gasteiger partial charge in [-0.3, -0.25) is 4.79 Å². The van der Waals surface area contributed by atoms with Gasteiger partial charge in [0.25, 0.3) is 0 Å². The highest BCUT2D eigenvalue weighted by atomic mass is 32.2. The van der Waals surface area contributed by atoms with Gasteiger partial charge in [0.05, 0.1) is 30.7 Å². The Hall–Kier alpha value is -2.72. The van der Waals surface area contributed by atoms with Crippen molar-refractivity contribution in [3.8, 4) is 17.6 Å². The first-order chi connectivity index (χ1) is 15.7. The van der Waals surface area contributed by atoms with E-state index in [2.05, 4.69) is 32.2 Å². The minimum absolute atomic E-state index is 0.151. The number of amides is 1. The summed E-state index contributed by atoms with van der Waals surface area (Å²) < 4.78 is 10.6. The maximum absolute atomic E-state index is 13.1. The van der Waals surface area contributed by atoms with Gasteiger partial charge >= 0.3 is 0 Å². The fourth-order valence-electron chi connectivity index (χ4n) is 4.13. The van der Waals surface area contributed by atoms with Crippen molar-refractivity contribution in [1.82, 2.24) is 4.98 Å². The van der Waals surface area contributed by atoms with E-state index in [1.807, 2.05) is 13.0 Å². The summed E-state index contributed by atoms with van der Waals surface area (Å²) in [4.78, 5) is 17.9. The minimum Gasteiger partial charge on any atom is -0.497 e. The molecular formula is C26H33N3O3S. The topological polar surface area (TPSA) is 84.2 Å². The molecule has 176 valence electrons. The third-order valence-electron chi connectivity index (χ3n) is 6.28. The number of fused-ring (bicyclic) bond motifs is 1. The Kier molecular flexibility index (Phi) is 7.91. The van der Waals surface area contributed by atoms with Gasteiger partial charge in [0.15, 0.2) is 0 Å². The molecule has 1 aromatic carbocycles. The number of benzene rings is 1. The van der Waals surface area contributed by atoms with Crippen LogP contribution < -0.4 is 14.8 Å². The number of methoxy groups -OCH3 is 2. The van der Waals surface area contributed by atoms with Crippen LogP contribution in [0.25, 0.3) is 0 Å². The maximum Gasteiger partial charge on any atom is 0.238 e. The van der Waals surface area contributed by atoms with E-state index in [-0.39, 0.29) is 16.6 Å². The summed E-state index contributed by atoms with van der Waals surface area (Å²) in [6, 6.07) is 9.55. The highest BCUT2D eigenvalue weighted by Crippen LogP contribution is 2.39. The van der Waals surface area contributed by atoms with Crippen LogP contribution in [0.4, 0.5) is 5.69 Å². The first kappa shape index (κ1) is 24.9. The van der Waals surface area contributed by atoms with Crippen molar-refractivity contribution in [2.24, 2.45) is 11.3 Å². The number of carbonyl (C=O) groups is 1. The Morgan fingerprint density at radius 3 is 2.67 bits per heavy atom. The number of aromatic nitrogens is 1. The Balaban J connectivity index is 1.80. The Morgan fingerprint density at radius 2 is 2.06 bits per heavy atom. The van der Waals surface area contributed by atoms with E-state index >= 15 is 0 Å². The molecule has 33 heavy (non-hydrogen) atoms. The van der Waals surface area contributed by atoms with Crippen LogP contribution in [0.15, 0.2) is 29.3 Å². The second-order valence-corrected chi connectivity index (χ2v) is 10.6. The number of ether oxygens (including phenoxy) is 2. The largest absolute Gasteiger partial charge is 0.497 e. The van der Waals surface area contributed by atoms with Gasteiger partial charge in [-0.15, -0.1) is 0 Å². The smallest absolute Gasteiger partial charge is 0.238 e. The van der Waals surface area contributed by atoms with Crippen LogP contribution in [-0.2, 0) is 17.6 Å². The molecule has 1 heterocycles. The van der Waals surface area contributed by atoms with Gasteiger partial charge in [0.1, 0.15) is 22.6 Å². The summed E-state index contributed by atoms with van der Waals surface area (Å²) in [7, 11) is 3.13. The van der Waals surface area contributed by atoms with E-state index in [4.69, 9.17) is 14.5 Å². The van der Waals surface area contributed by atoms with Gasteiger partial charge in [-0.05, 0) is 60.8 Å². The van der Waals surface area contributed by atoms with E-state index in [0.717, 1.165) is 25.0 Å². The molecule has 0 saturated heterocycles. The lowest BCUT2D eigenvalue weighted by Crippen LogP contribution is -2.28. The van der Waals surface area contributed by atoms with Gasteiger partial charge in [0, 0.05) is 11.8 Å². The molecule has 1 N–H and O–H groups in total. The number of pyridine rings is 1. The molecule has 7 heteroatoms. The number of hydrogen-bond donors (Lipinski definition) is 1. The van der Waals surface area contributed by atoms with Crippen LogP contribution >= 0.6 is 11.8 Å². The Labute approximate surface area is 201 Å². The molecule has 1 aromatic heterocycles. The number of nitriles is 1. The number of nitrogens with zero attached hydrogens (tertiary/aromatic N) is 2. The summed E-state index contributed by atoms with van der Waals surface area (Å²) >= 11 is 1.36. The lowest BCUT2D eigenvalue weighted by molar-refractivity contribution is -0.115. The molecule has 6 nitrogen and oxygen atoms in total. The second-order valence-electron chi connectivity index (χ2n) is 9.43. The SMILES string of the molecule is CCC(Sc1nc2c(cc1C#N)CC(C(C)(C)C)CC2)C(=O)Nc1ccc(OC)cc1OC. The molecule has 1 aliphatic rings. The van der Waals surface area contributed by atoms with Gasteiger partial charge in [0.2, 0.25) is 5.91 Å². The zero-order valence-corrected chi connectivity index (χ0v) is 21.1. The molecule has 0 saturated carbocycles. The fourth-order valence-corrected chi connectivity index (χ4v) is 5.12. The lowest BCUT2D eigenvalue weighted by Gasteiger charge is -2.34. The predicted molar refractivity (Wildman–Crippen MR) is 132 cm³/mol. The standard InChI is InChI=1S/C26H33N3O3S/c1-7-23(24(30)28-21-11-9-19(31-5)14-22(21)32-6)33-25-17(15-27)12-16-13-18(26(2,3)4)8-10-20(16)29-25/h9,11-12,14,18,23H,7-8,10,13H2,1-6H3,(H,28,30). The number of rotatable bonds is 7. The predicted octanol–water partition coefficient (Wildman–Crippen LogP) is 5.63. The highest BCUT2D eigenvalue weighted by molar-refractivity contribution is 8.00. The van der Waals surface area contributed by atoms with E-state index in [0.29, 0.717) is 40.1 Å². The summed E-state index contributed by atoms with van der Waals surface area (Å²) in [6.45, 7) is 8.77. The van der Waals surface area contributed by atoms with Crippen molar-refractivity contribution in [2.45, 2.75) is 63.7 Å². The summed E-state index contributed by atoms with van der Waals surface area (Å²) in [5.74, 6) is 1.60. The lowest BCUT2D eigenvalue weighted by atomic mass is 9.71. The molecule has 1 amide bonds.